The van der Waals surface area contributed by atoms with Crippen molar-refractivity contribution >= 4 is 0 Å². The normalized spacial score (nSPS) is 11.6. The van der Waals surface area contributed by atoms with Gasteiger partial charge in [0.25, 0.3) is 0 Å². The van der Waals surface area contributed by atoms with Crippen LogP contribution in [-0.2, 0) is 11.8 Å². The third-order valence-corrected chi connectivity index (χ3v) is 5.55. The molecule has 0 unspecified atom stereocenters. The summed E-state index contributed by atoms with van der Waals surface area (Å²) in [5, 5.41) is 0. The molecule has 0 saturated heterocycles. The van der Waals surface area contributed by atoms with Crippen molar-refractivity contribution < 1.29 is 0 Å². The standard InChI is InChI=1S/C25H28/c1-18-9-13-22(14-10-18)25(5,23-15-11-19(2)12-16-23)17-24-20(3)7-6-8-21(24)4/h6-16H,17H2,1-5H3. The predicted octanol–water partition coefficient (Wildman–Crippen LogP) is 6.47. The topological polar surface area (TPSA) is 0 Å². The SMILES string of the molecule is Cc1ccc(C(C)(Cc2c(C)cccc2C)c2ccc(C)cc2)cc1. The van der Waals surface area contributed by atoms with Crippen LogP contribution in [0.15, 0.2) is 66.7 Å². The van der Waals surface area contributed by atoms with Crippen LogP contribution >= 0.6 is 0 Å². The van der Waals surface area contributed by atoms with Crippen LogP contribution in [0, 0.1) is 27.7 Å². The quantitative estimate of drug-likeness (QED) is 0.515. The summed E-state index contributed by atoms with van der Waals surface area (Å²) in [7, 11) is 0. The van der Waals surface area contributed by atoms with Crippen molar-refractivity contribution in [3.05, 3.63) is 106 Å². The van der Waals surface area contributed by atoms with Crippen LogP contribution in [0.25, 0.3) is 0 Å². The van der Waals surface area contributed by atoms with E-state index >= 15 is 0 Å². The summed E-state index contributed by atoms with van der Waals surface area (Å²) in [6.45, 7) is 11.1. The first kappa shape index (κ1) is 17.5. The molecule has 0 saturated carbocycles. The lowest BCUT2D eigenvalue weighted by atomic mass is 9.71. The zero-order valence-corrected chi connectivity index (χ0v) is 16.1. The average Bonchev–Trinajstić information content (AvgIpc) is 2.59. The maximum atomic E-state index is 2.38. The van der Waals surface area contributed by atoms with Crippen molar-refractivity contribution in [3.8, 4) is 0 Å². The predicted molar refractivity (Wildman–Crippen MR) is 108 cm³/mol. The second-order valence-electron chi connectivity index (χ2n) is 7.61. The first-order chi connectivity index (χ1) is 11.9. The molecule has 128 valence electrons. The van der Waals surface area contributed by atoms with E-state index in [0.717, 1.165) is 6.42 Å². The van der Waals surface area contributed by atoms with E-state index in [2.05, 4.69) is 101 Å². The summed E-state index contributed by atoms with van der Waals surface area (Å²) in [6, 6.07) is 24.7. The van der Waals surface area contributed by atoms with Crippen LogP contribution in [0.1, 0.15) is 45.9 Å². The third kappa shape index (κ3) is 3.54. The highest BCUT2D eigenvalue weighted by Gasteiger charge is 2.30. The highest BCUT2D eigenvalue weighted by atomic mass is 14.3. The number of hydrogen-bond donors (Lipinski definition) is 0. The van der Waals surface area contributed by atoms with Crippen molar-refractivity contribution in [2.75, 3.05) is 0 Å². The van der Waals surface area contributed by atoms with Crippen molar-refractivity contribution in [1.82, 2.24) is 0 Å². The van der Waals surface area contributed by atoms with Gasteiger partial charge in [-0.1, -0.05) is 84.8 Å². The molecule has 0 atom stereocenters. The lowest BCUT2D eigenvalue weighted by Gasteiger charge is -2.33. The summed E-state index contributed by atoms with van der Waals surface area (Å²) in [5.41, 5.74) is 9.55. The van der Waals surface area contributed by atoms with Crippen molar-refractivity contribution in [2.24, 2.45) is 0 Å². The van der Waals surface area contributed by atoms with Crippen LogP contribution in [0.4, 0.5) is 0 Å². The Balaban J connectivity index is 2.15. The van der Waals surface area contributed by atoms with Gasteiger partial charge >= 0.3 is 0 Å². The Hall–Kier alpha value is -2.34. The number of aryl methyl sites for hydroxylation is 4. The molecule has 0 heterocycles. The largest absolute Gasteiger partial charge is 0.0617 e. The molecular formula is C25H28. The van der Waals surface area contributed by atoms with Crippen LogP contribution in [-0.4, -0.2) is 0 Å². The minimum atomic E-state index is -0.0434. The van der Waals surface area contributed by atoms with Crippen LogP contribution in [0.2, 0.25) is 0 Å². The van der Waals surface area contributed by atoms with Gasteiger partial charge in [0.1, 0.15) is 0 Å². The second-order valence-corrected chi connectivity index (χ2v) is 7.61. The Morgan fingerprint density at radius 1 is 0.600 bits per heavy atom. The van der Waals surface area contributed by atoms with Gasteiger partial charge in [-0.3, -0.25) is 0 Å². The maximum Gasteiger partial charge on any atom is 0.0215 e. The number of benzene rings is 3. The molecule has 0 aliphatic heterocycles. The highest BCUT2D eigenvalue weighted by Crippen LogP contribution is 2.37. The van der Waals surface area contributed by atoms with Crippen LogP contribution in [0.5, 0.6) is 0 Å². The van der Waals surface area contributed by atoms with Crippen molar-refractivity contribution in [1.29, 1.82) is 0 Å². The summed E-state index contributed by atoms with van der Waals surface area (Å²) in [5.74, 6) is 0. The van der Waals surface area contributed by atoms with Gasteiger partial charge in [-0.15, -0.1) is 0 Å². The highest BCUT2D eigenvalue weighted by molar-refractivity contribution is 5.45. The summed E-state index contributed by atoms with van der Waals surface area (Å²) < 4.78 is 0. The van der Waals surface area contributed by atoms with Crippen molar-refractivity contribution in [2.45, 2.75) is 46.5 Å². The Bertz CT molecular complexity index is 786. The molecule has 0 bridgehead atoms. The molecule has 3 rings (SSSR count). The van der Waals surface area contributed by atoms with Gasteiger partial charge in [-0.05, 0) is 61.9 Å². The van der Waals surface area contributed by atoms with E-state index in [-0.39, 0.29) is 5.41 Å². The minimum Gasteiger partial charge on any atom is -0.0617 e. The third-order valence-electron chi connectivity index (χ3n) is 5.55. The molecule has 25 heavy (non-hydrogen) atoms. The first-order valence-electron chi connectivity index (χ1n) is 9.09. The Kier molecular flexibility index (Phi) is 4.81. The first-order valence-corrected chi connectivity index (χ1v) is 9.09. The van der Waals surface area contributed by atoms with E-state index in [1.165, 1.54) is 38.9 Å². The van der Waals surface area contributed by atoms with Gasteiger partial charge in [0, 0.05) is 5.41 Å². The van der Waals surface area contributed by atoms with Crippen molar-refractivity contribution in [3.63, 3.8) is 0 Å². The Morgan fingerprint density at radius 2 is 1.00 bits per heavy atom. The van der Waals surface area contributed by atoms with E-state index < -0.39 is 0 Å². The number of rotatable bonds is 4. The molecule has 0 aromatic heterocycles. The van der Waals surface area contributed by atoms with Gasteiger partial charge < -0.3 is 0 Å². The second kappa shape index (κ2) is 6.88. The molecule has 0 aliphatic carbocycles. The van der Waals surface area contributed by atoms with E-state index in [9.17, 15) is 0 Å². The monoisotopic (exact) mass is 328 g/mol. The lowest BCUT2D eigenvalue weighted by Crippen LogP contribution is -2.27. The van der Waals surface area contributed by atoms with Crippen LogP contribution < -0.4 is 0 Å². The maximum absolute atomic E-state index is 2.38. The minimum absolute atomic E-state index is 0.0434. The molecule has 0 N–H and O–H groups in total. The molecule has 3 aromatic carbocycles. The Labute approximate surface area is 152 Å². The van der Waals surface area contributed by atoms with E-state index in [0.29, 0.717) is 0 Å². The van der Waals surface area contributed by atoms with Gasteiger partial charge in [0.15, 0.2) is 0 Å². The summed E-state index contributed by atoms with van der Waals surface area (Å²) in [6.07, 6.45) is 1.01. The molecule has 0 spiro atoms. The molecule has 0 heteroatoms. The molecule has 0 radical (unpaired) electrons. The summed E-state index contributed by atoms with van der Waals surface area (Å²) >= 11 is 0. The molecular weight excluding hydrogens is 300 g/mol. The molecule has 0 amide bonds. The summed E-state index contributed by atoms with van der Waals surface area (Å²) in [4.78, 5) is 0. The fourth-order valence-electron chi connectivity index (χ4n) is 3.69. The van der Waals surface area contributed by atoms with Gasteiger partial charge in [0.2, 0.25) is 0 Å². The average molecular weight is 328 g/mol. The van der Waals surface area contributed by atoms with E-state index in [4.69, 9.17) is 0 Å². The molecule has 3 aromatic rings. The molecule has 0 fully saturated rings. The van der Waals surface area contributed by atoms with Gasteiger partial charge in [0.05, 0.1) is 0 Å². The lowest BCUT2D eigenvalue weighted by molar-refractivity contribution is 0.564. The van der Waals surface area contributed by atoms with E-state index in [1.807, 2.05) is 0 Å². The fraction of sp³-hybridized carbons (Fsp3) is 0.280. The van der Waals surface area contributed by atoms with Crippen LogP contribution in [0.3, 0.4) is 0 Å². The molecule has 0 aliphatic rings. The zero-order chi connectivity index (χ0) is 18.0. The fourth-order valence-corrected chi connectivity index (χ4v) is 3.69. The van der Waals surface area contributed by atoms with Gasteiger partial charge in [-0.25, -0.2) is 0 Å². The number of hydrogen-bond acceptors (Lipinski definition) is 0. The van der Waals surface area contributed by atoms with E-state index in [1.54, 1.807) is 0 Å². The van der Waals surface area contributed by atoms with Gasteiger partial charge in [-0.2, -0.15) is 0 Å². The smallest absolute Gasteiger partial charge is 0.0215 e. The molecule has 0 nitrogen and oxygen atoms in total. The zero-order valence-electron chi connectivity index (χ0n) is 16.1. The Morgan fingerprint density at radius 3 is 1.40 bits per heavy atom.